The highest BCUT2D eigenvalue weighted by atomic mass is 16.4. The number of hydrogen-bond acceptors (Lipinski definition) is 3. The summed E-state index contributed by atoms with van der Waals surface area (Å²) in [7, 11) is 0. The van der Waals surface area contributed by atoms with Crippen LogP contribution in [0.25, 0.3) is 11.0 Å². The monoisotopic (exact) mass is 267 g/mol. The first kappa shape index (κ1) is 12.4. The number of nitrogens with one attached hydrogen (secondary N) is 1. The number of rotatable bonds is 3. The SMILES string of the molecule is NC(c1cccc(C(=O)O)c1)c1ccc2nc[nH]c2c1. The van der Waals surface area contributed by atoms with Crippen LogP contribution in [-0.2, 0) is 0 Å². The molecule has 0 radical (unpaired) electrons. The Morgan fingerprint density at radius 2 is 2.00 bits per heavy atom. The van der Waals surface area contributed by atoms with E-state index in [1.165, 1.54) is 0 Å². The molecule has 0 saturated heterocycles. The maximum atomic E-state index is 11.0. The molecule has 0 aliphatic rings. The van der Waals surface area contributed by atoms with Crippen LogP contribution >= 0.6 is 0 Å². The highest BCUT2D eigenvalue weighted by Gasteiger charge is 2.12. The van der Waals surface area contributed by atoms with Gasteiger partial charge < -0.3 is 15.8 Å². The standard InChI is InChI=1S/C15H13N3O2/c16-14(9-2-1-3-11(6-9)15(19)20)10-4-5-12-13(7-10)18-8-17-12/h1-8,14H,16H2,(H,17,18)(H,19,20). The molecule has 0 saturated carbocycles. The van der Waals surface area contributed by atoms with Gasteiger partial charge in [0.1, 0.15) is 0 Å². The maximum absolute atomic E-state index is 11.0. The largest absolute Gasteiger partial charge is 0.478 e. The van der Waals surface area contributed by atoms with Gasteiger partial charge in [0, 0.05) is 0 Å². The van der Waals surface area contributed by atoms with Gasteiger partial charge in [0.25, 0.3) is 0 Å². The molecular formula is C15H13N3O2. The first-order chi connectivity index (χ1) is 9.65. The van der Waals surface area contributed by atoms with Crippen LogP contribution in [0, 0.1) is 0 Å². The molecule has 3 rings (SSSR count). The van der Waals surface area contributed by atoms with E-state index in [1.54, 1.807) is 24.5 Å². The number of aromatic amines is 1. The normalized spacial score (nSPS) is 12.4. The summed E-state index contributed by atoms with van der Waals surface area (Å²) in [6.07, 6.45) is 1.63. The fourth-order valence-electron chi connectivity index (χ4n) is 2.20. The second-order valence-electron chi connectivity index (χ2n) is 4.59. The first-order valence-electron chi connectivity index (χ1n) is 6.17. The molecule has 2 aromatic carbocycles. The van der Waals surface area contributed by atoms with Gasteiger partial charge in [-0.05, 0) is 35.4 Å². The van der Waals surface area contributed by atoms with Crippen LogP contribution in [0.4, 0.5) is 0 Å². The number of carboxylic acid groups (broad SMARTS) is 1. The van der Waals surface area contributed by atoms with E-state index >= 15 is 0 Å². The summed E-state index contributed by atoms with van der Waals surface area (Å²) in [5, 5.41) is 9.02. The highest BCUT2D eigenvalue weighted by Crippen LogP contribution is 2.23. The zero-order valence-corrected chi connectivity index (χ0v) is 10.6. The molecule has 1 atom stereocenters. The van der Waals surface area contributed by atoms with Crippen molar-refractivity contribution in [2.75, 3.05) is 0 Å². The molecule has 0 aliphatic carbocycles. The van der Waals surface area contributed by atoms with Crippen LogP contribution in [0.3, 0.4) is 0 Å². The van der Waals surface area contributed by atoms with E-state index in [2.05, 4.69) is 9.97 Å². The van der Waals surface area contributed by atoms with Crippen molar-refractivity contribution in [1.82, 2.24) is 9.97 Å². The molecule has 0 aliphatic heterocycles. The number of H-pyrrole nitrogens is 1. The predicted octanol–water partition coefficient (Wildman–Crippen LogP) is 2.31. The predicted molar refractivity (Wildman–Crippen MR) is 75.5 cm³/mol. The lowest BCUT2D eigenvalue weighted by molar-refractivity contribution is 0.0696. The van der Waals surface area contributed by atoms with Crippen LogP contribution in [-0.4, -0.2) is 21.0 Å². The Hall–Kier alpha value is -2.66. The molecule has 0 amide bonds. The number of carbonyl (C=O) groups is 1. The van der Waals surface area contributed by atoms with E-state index in [1.807, 2.05) is 24.3 Å². The number of aromatic carboxylic acids is 1. The van der Waals surface area contributed by atoms with E-state index < -0.39 is 5.97 Å². The molecule has 4 N–H and O–H groups in total. The summed E-state index contributed by atoms with van der Waals surface area (Å²) in [4.78, 5) is 18.2. The Bertz CT molecular complexity index is 779. The second-order valence-corrected chi connectivity index (χ2v) is 4.59. The van der Waals surface area contributed by atoms with Crippen molar-refractivity contribution in [3.63, 3.8) is 0 Å². The minimum Gasteiger partial charge on any atom is -0.478 e. The highest BCUT2D eigenvalue weighted by molar-refractivity contribution is 5.87. The van der Waals surface area contributed by atoms with Gasteiger partial charge in [-0.2, -0.15) is 0 Å². The lowest BCUT2D eigenvalue weighted by Crippen LogP contribution is -2.12. The Kier molecular flexibility index (Phi) is 2.96. The molecule has 5 nitrogen and oxygen atoms in total. The third-order valence-corrected chi connectivity index (χ3v) is 3.30. The average Bonchev–Trinajstić information content (AvgIpc) is 2.94. The minimum absolute atomic E-state index is 0.237. The van der Waals surface area contributed by atoms with Gasteiger partial charge in [-0.15, -0.1) is 0 Å². The quantitative estimate of drug-likeness (QED) is 0.679. The van der Waals surface area contributed by atoms with Gasteiger partial charge in [0.2, 0.25) is 0 Å². The summed E-state index contributed by atoms with van der Waals surface area (Å²) in [5.41, 5.74) is 9.91. The van der Waals surface area contributed by atoms with Gasteiger partial charge in [0.15, 0.2) is 0 Å². The Labute approximate surface area is 115 Å². The summed E-state index contributed by atoms with van der Waals surface area (Å²) >= 11 is 0. The molecule has 100 valence electrons. The van der Waals surface area contributed by atoms with E-state index in [-0.39, 0.29) is 11.6 Å². The van der Waals surface area contributed by atoms with Crippen molar-refractivity contribution in [3.05, 3.63) is 65.5 Å². The van der Waals surface area contributed by atoms with Crippen molar-refractivity contribution >= 4 is 17.0 Å². The first-order valence-corrected chi connectivity index (χ1v) is 6.17. The van der Waals surface area contributed by atoms with Gasteiger partial charge in [0.05, 0.1) is 29.0 Å². The summed E-state index contributed by atoms with van der Waals surface area (Å²) in [6.45, 7) is 0. The second kappa shape index (κ2) is 4.79. The molecule has 0 spiro atoms. The number of nitrogens with two attached hydrogens (primary N) is 1. The van der Waals surface area contributed by atoms with Crippen molar-refractivity contribution in [2.45, 2.75) is 6.04 Å². The summed E-state index contributed by atoms with van der Waals surface area (Å²) in [6, 6.07) is 12.0. The fourth-order valence-corrected chi connectivity index (χ4v) is 2.20. The van der Waals surface area contributed by atoms with Gasteiger partial charge in [-0.1, -0.05) is 18.2 Å². The van der Waals surface area contributed by atoms with Crippen molar-refractivity contribution in [2.24, 2.45) is 5.73 Å². The van der Waals surface area contributed by atoms with Crippen molar-refractivity contribution in [1.29, 1.82) is 0 Å². The number of fused-ring (bicyclic) bond motifs is 1. The Balaban J connectivity index is 2.00. The molecule has 1 heterocycles. The van der Waals surface area contributed by atoms with Gasteiger partial charge in [-0.3, -0.25) is 0 Å². The average molecular weight is 267 g/mol. The smallest absolute Gasteiger partial charge is 0.335 e. The molecule has 1 unspecified atom stereocenters. The van der Waals surface area contributed by atoms with Crippen LogP contribution in [0.2, 0.25) is 0 Å². The molecular weight excluding hydrogens is 254 g/mol. The van der Waals surface area contributed by atoms with Crippen molar-refractivity contribution < 1.29 is 9.90 Å². The Morgan fingerprint density at radius 3 is 2.80 bits per heavy atom. The van der Waals surface area contributed by atoms with Gasteiger partial charge in [-0.25, -0.2) is 9.78 Å². The summed E-state index contributed by atoms with van der Waals surface area (Å²) < 4.78 is 0. The third-order valence-electron chi connectivity index (χ3n) is 3.30. The minimum atomic E-state index is -0.955. The maximum Gasteiger partial charge on any atom is 0.335 e. The lowest BCUT2D eigenvalue weighted by atomic mass is 9.97. The number of hydrogen-bond donors (Lipinski definition) is 3. The summed E-state index contributed by atoms with van der Waals surface area (Å²) in [5.74, 6) is -0.955. The lowest BCUT2D eigenvalue weighted by Gasteiger charge is -2.13. The van der Waals surface area contributed by atoms with E-state index in [4.69, 9.17) is 10.8 Å². The van der Waals surface area contributed by atoms with Crippen molar-refractivity contribution in [3.8, 4) is 0 Å². The molecule has 20 heavy (non-hydrogen) atoms. The number of carboxylic acids is 1. The molecule has 5 heteroatoms. The van der Waals surface area contributed by atoms with E-state index in [0.29, 0.717) is 0 Å². The zero-order valence-electron chi connectivity index (χ0n) is 10.6. The number of nitrogens with zero attached hydrogens (tertiary/aromatic N) is 1. The third kappa shape index (κ3) is 2.15. The topological polar surface area (TPSA) is 92.0 Å². The zero-order chi connectivity index (χ0) is 14.1. The molecule has 3 aromatic rings. The fraction of sp³-hybridized carbons (Fsp3) is 0.0667. The molecule has 1 aromatic heterocycles. The Morgan fingerprint density at radius 1 is 1.20 bits per heavy atom. The van der Waals surface area contributed by atoms with Gasteiger partial charge >= 0.3 is 5.97 Å². The van der Waals surface area contributed by atoms with Crippen LogP contribution < -0.4 is 5.73 Å². The number of benzene rings is 2. The van der Waals surface area contributed by atoms with Crippen LogP contribution in [0.5, 0.6) is 0 Å². The number of imidazole rings is 1. The van der Waals surface area contributed by atoms with Crippen LogP contribution in [0.15, 0.2) is 48.8 Å². The van der Waals surface area contributed by atoms with E-state index in [9.17, 15) is 4.79 Å². The molecule has 0 bridgehead atoms. The molecule has 0 fully saturated rings. The van der Waals surface area contributed by atoms with E-state index in [0.717, 1.165) is 22.2 Å². The number of aromatic nitrogens is 2. The van der Waals surface area contributed by atoms with Crippen LogP contribution in [0.1, 0.15) is 27.5 Å².